The van der Waals surface area contributed by atoms with E-state index in [2.05, 4.69) is 20.3 Å². The zero-order chi connectivity index (χ0) is 16.9. The summed E-state index contributed by atoms with van der Waals surface area (Å²) in [6.07, 6.45) is 2.54. The predicted octanol–water partition coefficient (Wildman–Crippen LogP) is 4.81. The predicted molar refractivity (Wildman–Crippen MR) is 98.7 cm³/mol. The Bertz CT molecular complexity index is 838. The summed E-state index contributed by atoms with van der Waals surface area (Å²) in [6, 6.07) is 13.4. The van der Waals surface area contributed by atoms with Gasteiger partial charge in [0, 0.05) is 17.8 Å². The van der Waals surface area contributed by atoms with Crippen LogP contribution in [0, 0.1) is 6.92 Å². The molecule has 0 bridgehead atoms. The number of nitrogens with zero attached hydrogens (tertiary/aromatic N) is 3. The molecule has 0 aliphatic rings. The summed E-state index contributed by atoms with van der Waals surface area (Å²) in [7, 11) is 0. The Balaban J connectivity index is 1.76. The maximum Gasteiger partial charge on any atom is 0.180 e. The topological polar surface area (TPSA) is 50.7 Å². The van der Waals surface area contributed by atoms with Gasteiger partial charge in [0.25, 0.3) is 0 Å². The van der Waals surface area contributed by atoms with Crippen LogP contribution >= 0.6 is 23.2 Å². The molecule has 2 aromatic heterocycles. The molecule has 4 nitrogen and oxygen atoms in total. The number of anilines is 1. The highest BCUT2D eigenvalue weighted by Gasteiger charge is 2.11. The van der Waals surface area contributed by atoms with E-state index in [0.29, 0.717) is 23.2 Å². The van der Waals surface area contributed by atoms with Crippen molar-refractivity contribution in [3.8, 4) is 11.5 Å². The first-order valence-corrected chi connectivity index (χ1v) is 8.33. The Morgan fingerprint density at radius 1 is 1.04 bits per heavy atom. The highest BCUT2D eigenvalue weighted by molar-refractivity contribution is 6.33. The molecule has 122 valence electrons. The monoisotopic (exact) mass is 358 g/mol. The van der Waals surface area contributed by atoms with Gasteiger partial charge in [-0.15, -0.1) is 0 Å². The van der Waals surface area contributed by atoms with Crippen LogP contribution in [-0.2, 0) is 6.42 Å². The lowest BCUT2D eigenvalue weighted by atomic mass is 10.1. The van der Waals surface area contributed by atoms with Gasteiger partial charge < -0.3 is 5.32 Å². The van der Waals surface area contributed by atoms with E-state index < -0.39 is 0 Å². The zero-order valence-electron chi connectivity index (χ0n) is 13.1. The van der Waals surface area contributed by atoms with Gasteiger partial charge in [-0.25, -0.2) is 9.97 Å². The van der Waals surface area contributed by atoms with Crippen molar-refractivity contribution < 1.29 is 0 Å². The van der Waals surface area contributed by atoms with Gasteiger partial charge in [-0.2, -0.15) is 0 Å². The van der Waals surface area contributed by atoms with Gasteiger partial charge in [0.1, 0.15) is 16.5 Å². The van der Waals surface area contributed by atoms with Gasteiger partial charge in [0.05, 0.1) is 5.69 Å². The smallest absolute Gasteiger partial charge is 0.180 e. The van der Waals surface area contributed by atoms with Crippen LogP contribution in [0.2, 0.25) is 10.0 Å². The molecule has 0 atom stereocenters. The van der Waals surface area contributed by atoms with E-state index in [1.165, 1.54) is 0 Å². The normalized spacial score (nSPS) is 10.6. The van der Waals surface area contributed by atoms with Gasteiger partial charge in [0.2, 0.25) is 0 Å². The second kappa shape index (κ2) is 7.60. The minimum atomic E-state index is 0.528. The quantitative estimate of drug-likeness (QED) is 0.710. The number of halogens is 2. The van der Waals surface area contributed by atoms with E-state index in [1.807, 2.05) is 49.4 Å². The lowest BCUT2D eigenvalue weighted by Crippen LogP contribution is -2.09. The number of hydrogen-bond acceptors (Lipinski definition) is 4. The fourth-order valence-corrected chi connectivity index (χ4v) is 2.67. The van der Waals surface area contributed by atoms with E-state index in [0.717, 1.165) is 28.4 Å². The van der Waals surface area contributed by atoms with Crippen LogP contribution in [0.3, 0.4) is 0 Å². The number of pyridine rings is 1. The Hall–Kier alpha value is -2.17. The molecular formula is C18H16Cl2N4. The summed E-state index contributed by atoms with van der Waals surface area (Å²) in [6.45, 7) is 2.55. The molecule has 0 unspecified atom stereocenters. The molecule has 0 fully saturated rings. The third kappa shape index (κ3) is 4.02. The molecule has 0 amide bonds. The summed E-state index contributed by atoms with van der Waals surface area (Å²) >= 11 is 12.3. The molecule has 0 saturated carbocycles. The fourth-order valence-electron chi connectivity index (χ4n) is 2.30. The molecule has 2 heterocycles. The van der Waals surface area contributed by atoms with Crippen molar-refractivity contribution in [3.05, 3.63) is 70.0 Å². The van der Waals surface area contributed by atoms with Crippen LogP contribution in [-0.4, -0.2) is 21.5 Å². The van der Waals surface area contributed by atoms with Crippen LogP contribution in [0.25, 0.3) is 11.5 Å². The molecule has 0 aliphatic carbocycles. The molecule has 0 spiro atoms. The van der Waals surface area contributed by atoms with Crippen molar-refractivity contribution >= 4 is 29.0 Å². The third-order valence-corrected chi connectivity index (χ3v) is 4.19. The first kappa shape index (κ1) is 16.7. The van der Waals surface area contributed by atoms with Crippen LogP contribution < -0.4 is 5.32 Å². The lowest BCUT2D eigenvalue weighted by molar-refractivity contribution is 0.993. The summed E-state index contributed by atoms with van der Waals surface area (Å²) in [5.41, 5.74) is 2.59. The second-order valence-electron chi connectivity index (χ2n) is 5.32. The van der Waals surface area contributed by atoms with Crippen molar-refractivity contribution in [2.45, 2.75) is 13.3 Å². The van der Waals surface area contributed by atoms with E-state index in [-0.39, 0.29) is 0 Å². The third-order valence-electron chi connectivity index (χ3n) is 3.51. The van der Waals surface area contributed by atoms with Gasteiger partial charge >= 0.3 is 0 Å². The Labute approximate surface area is 150 Å². The highest BCUT2D eigenvalue weighted by Crippen LogP contribution is 2.25. The van der Waals surface area contributed by atoms with Crippen LogP contribution in [0.15, 0.2) is 48.7 Å². The average Bonchev–Trinajstić information content (AvgIpc) is 2.59. The molecule has 1 N–H and O–H groups in total. The molecule has 6 heteroatoms. The van der Waals surface area contributed by atoms with Crippen molar-refractivity contribution in [1.82, 2.24) is 15.0 Å². The largest absolute Gasteiger partial charge is 0.368 e. The summed E-state index contributed by atoms with van der Waals surface area (Å²) in [5, 5.41) is 4.54. The number of aryl methyl sites for hydroxylation is 1. The molecule has 0 saturated heterocycles. The highest BCUT2D eigenvalue weighted by atomic mass is 35.5. The van der Waals surface area contributed by atoms with Gasteiger partial charge in [-0.1, -0.05) is 41.4 Å². The molecule has 0 radical (unpaired) electrons. The fraction of sp³-hybridized carbons (Fsp3) is 0.167. The zero-order valence-corrected chi connectivity index (χ0v) is 14.6. The number of nitrogens with one attached hydrogen (secondary N) is 1. The van der Waals surface area contributed by atoms with Crippen molar-refractivity contribution in [1.29, 1.82) is 0 Å². The number of aromatic nitrogens is 3. The van der Waals surface area contributed by atoms with Gasteiger partial charge in [0.15, 0.2) is 5.82 Å². The lowest BCUT2D eigenvalue weighted by Gasteiger charge is -2.11. The summed E-state index contributed by atoms with van der Waals surface area (Å²) in [5.74, 6) is 1.18. The molecular weight excluding hydrogens is 343 g/mol. The average molecular weight is 359 g/mol. The molecule has 1 aromatic carbocycles. The number of benzene rings is 1. The minimum Gasteiger partial charge on any atom is -0.368 e. The van der Waals surface area contributed by atoms with Crippen LogP contribution in [0.1, 0.15) is 11.3 Å². The standard InChI is InChI=1S/C18H16Cl2N4/c1-12-16(20)18(22-10-8-13-5-4-6-14(19)11-13)24-17(23-12)15-7-2-3-9-21-15/h2-7,9,11H,8,10H2,1H3,(H,22,23,24). The van der Waals surface area contributed by atoms with E-state index in [1.54, 1.807) is 6.20 Å². The summed E-state index contributed by atoms with van der Waals surface area (Å²) < 4.78 is 0. The molecule has 24 heavy (non-hydrogen) atoms. The second-order valence-corrected chi connectivity index (χ2v) is 6.13. The molecule has 3 aromatic rings. The molecule has 0 aliphatic heterocycles. The minimum absolute atomic E-state index is 0.528. The summed E-state index contributed by atoms with van der Waals surface area (Å²) in [4.78, 5) is 13.2. The number of rotatable bonds is 5. The van der Waals surface area contributed by atoms with E-state index in [9.17, 15) is 0 Å². The van der Waals surface area contributed by atoms with Crippen molar-refractivity contribution in [2.75, 3.05) is 11.9 Å². The van der Waals surface area contributed by atoms with Crippen molar-refractivity contribution in [3.63, 3.8) is 0 Å². The number of hydrogen-bond donors (Lipinski definition) is 1. The van der Waals surface area contributed by atoms with E-state index >= 15 is 0 Å². The maximum absolute atomic E-state index is 6.33. The van der Waals surface area contributed by atoms with Gasteiger partial charge in [-0.05, 0) is 43.2 Å². The van der Waals surface area contributed by atoms with Crippen molar-refractivity contribution in [2.24, 2.45) is 0 Å². The first-order valence-electron chi connectivity index (χ1n) is 7.57. The Kier molecular flexibility index (Phi) is 5.28. The Morgan fingerprint density at radius 2 is 1.92 bits per heavy atom. The molecule has 3 rings (SSSR count). The first-order chi connectivity index (χ1) is 11.6. The Morgan fingerprint density at radius 3 is 2.67 bits per heavy atom. The maximum atomic E-state index is 6.33. The van der Waals surface area contributed by atoms with E-state index in [4.69, 9.17) is 23.2 Å². The SMILES string of the molecule is Cc1nc(-c2ccccn2)nc(NCCc2cccc(Cl)c2)c1Cl. The van der Waals surface area contributed by atoms with Gasteiger partial charge in [-0.3, -0.25) is 4.98 Å². The van der Waals surface area contributed by atoms with Crippen LogP contribution in [0.4, 0.5) is 5.82 Å². The van der Waals surface area contributed by atoms with Crippen LogP contribution in [0.5, 0.6) is 0 Å².